The van der Waals surface area contributed by atoms with E-state index in [1.807, 2.05) is 37.3 Å². The third-order valence-electron chi connectivity index (χ3n) is 2.90. The highest BCUT2D eigenvalue weighted by molar-refractivity contribution is 5.23. The Morgan fingerprint density at radius 2 is 1.93 bits per heavy atom. The molecule has 2 heteroatoms. The average Bonchev–Trinajstić information content (AvgIpc) is 2.30. The van der Waals surface area contributed by atoms with Crippen LogP contribution in [-0.4, -0.2) is 17.8 Å². The quantitative estimate of drug-likeness (QED) is 0.776. The second-order valence-electron chi connectivity index (χ2n) is 4.31. The van der Waals surface area contributed by atoms with Gasteiger partial charge in [-0.05, 0) is 25.8 Å². The summed E-state index contributed by atoms with van der Waals surface area (Å²) in [5, 5.41) is 13.0. The van der Waals surface area contributed by atoms with Gasteiger partial charge in [0.2, 0.25) is 0 Å². The molecule has 0 bridgehead atoms. The summed E-state index contributed by atoms with van der Waals surface area (Å²) >= 11 is 0. The molecule has 0 amide bonds. The van der Waals surface area contributed by atoms with Crippen molar-refractivity contribution in [2.24, 2.45) is 0 Å². The van der Waals surface area contributed by atoms with Gasteiger partial charge in [-0.2, -0.15) is 0 Å². The third kappa shape index (κ3) is 3.05. The lowest BCUT2D eigenvalue weighted by Gasteiger charge is -2.32. The van der Waals surface area contributed by atoms with Crippen LogP contribution in [0, 0.1) is 0 Å². The largest absolute Gasteiger partial charge is 0.394 e. The number of nitrogens with one attached hydrogen (secondary N) is 1. The van der Waals surface area contributed by atoms with Gasteiger partial charge in [-0.15, -0.1) is 0 Å². The second-order valence-corrected chi connectivity index (χ2v) is 4.31. The Kier molecular flexibility index (Phi) is 4.30. The first-order valence-corrected chi connectivity index (χ1v) is 5.56. The molecule has 2 unspecified atom stereocenters. The fraction of sp³-hybridized carbons (Fsp3) is 0.538. The molecule has 15 heavy (non-hydrogen) atoms. The Labute approximate surface area is 92.3 Å². The van der Waals surface area contributed by atoms with Crippen LogP contribution in [0.15, 0.2) is 30.3 Å². The fourth-order valence-corrected chi connectivity index (χ4v) is 1.67. The Balaban J connectivity index is 2.85. The highest BCUT2D eigenvalue weighted by Crippen LogP contribution is 2.20. The van der Waals surface area contributed by atoms with Gasteiger partial charge in [0.1, 0.15) is 0 Å². The summed E-state index contributed by atoms with van der Waals surface area (Å²) in [5.74, 6) is 0. The maximum Gasteiger partial charge on any atom is 0.0652 e. The van der Waals surface area contributed by atoms with Gasteiger partial charge in [-0.1, -0.05) is 37.3 Å². The van der Waals surface area contributed by atoms with E-state index < -0.39 is 0 Å². The zero-order valence-corrected chi connectivity index (χ0v) is 9.83. The number of rotatable bonds is 5. The summed E-state index contributed by atoms with van der Waals surface area (Å²) in [6.45, 7) is 6.42. The summed E-state index contributed by atoms with van der Waals surface area (Å²) in [6.07, 6.45) is 1.06. The zero-order chi connectivity index (χ0) is 11.3. The van der Waals surface area contributed by atoms with Gasteiger partial charge >= 0.3 is 0 Å². The van der Waals surface area contributed by atoms with E-state index in [1.165, 1.54) is 0 Å². The molecule has 2 N–H and O–H groups in total. The lowest BCUT2D eigenvalue weighted by Crippen LogP contribution is -2.47. The number of aliphatic hydroxyl groups excluding tert-OH is 1. The first-order chi connectivity index (χ1) is 7.12. The van der Waals surface area contributed by atoms with E-state index in [0.29, 0.717) is 6.04 Å². The highest BCUT2D eigenvalue weighted by Gasteiger charge is 2.26. The summed E-state index contributed by atoms with van der Waals surface area (Å²) in [5.41, 5.74) is 0.796. The molecule has 2 nitrogen and oxygen atoms in total. The minimum absolute atomic E-state index is 0.112. The number of benzene rings is 1. The maximum atomic E-state index is 9.52. The number of hydrogen-bond donors (Lipinski definition) is 2. The van der Waals surface area contributed by atoms with Crippen molar-refractivity contribution in [1.82, 2.24) is 5.32 Å². The van der Waals surface area contributed by atoms with Crippen LogP contribution in [0.1, 0.15) is 32.8 Å². The Morgan fingerprint density at radius 1 is 1.33 bits per heavy atom. The summed E-state index contributed by atoms with van der Waals surface area (Å²) < 4.78 is 0. The third-order valence-corrected chi connectivity index (χ3v) is 2.90. The Morgan fingerprint density at radius 3 is 2.40 bits per heavy atom. The predicted octanol–water partition coefficient (Wildman–Crippen LogP) is 2.28. The van der Waals surface area contributed by atoms with Crippen molar-refractivity contribution >= 4 is 0 Å². The maximum absolute atomic E-state index is 9.52. The van der Waals surface area contributed by atoms with Gasteiger partial charge in [0.25, 0.3) is 0 Å². The molecule has 0 aromatic heterocycles. The van der Waals surface area contributed by atoms with Crippen LogP contribution in [0.3, 0.4) is 0 Å². The van der Waals surface area contributed by atoms with Crippen LogP contribution < -0.4 is 5.32 Å². The molecule has 0 aliphatic carbocycles. The molecule has 2 atom stereocenters. The molecular formula is C13H21NO. The van der Waals surface area contributed by atoms with E-state index in [-0.39, 0.29) is 12.1 Å². The van der Waals surface area contributed by atoms with Gasteiger partial charge in [0.15, 0.2) is 0 Å². The van der Waals surface area contributed by atoms with Crippen LogP contribution in [-0.2, 0) is 5.54 Å². The smallest absolute Gasteiger partial charge is 0.0652 e. The van der Waals surface area contributed by atoms with Gasteiger partial charge in [-0.3, -0.25) is 0 Å². The van der Waals surface area contributed by atoms with Crippen LogP contribution >= 0.6 is 0 Å². The molecular weight excluding hydrogens is 186 g/mol. The molecule has 0 spiro atoms. The first kappa shape index (κ1) is 12.2. The summed E-state index contributed by atoms with van der Waals surface area (Å²) in [4.78, 5) is 0. The van der Waals surface area contributed by atoms with Crippen molar-refractivity contribution in [2.75, 3.05) is 6.61 Å². The van der Waals surface area contributed by atoms with E-state index in [4.69, 9.17) is 0 Å². The standard InChI is InChI=1S/C13H21NO/c1-4-11(2)14-13(3,10-15)12-8-6-5-7-9-12/h5-9,11,14-15H,4,10H2,1-3H3. The molecule has 0 heterocycles. The van der Waals surface area contributed by atoms with Crippen molar-refractivity contribution in [3.8, 4) is 0 Å². The molecule has 0 fully saturated rings. The molecule has 0 saturated heterocycles. The molecule has 0 aliphatic rings. The van der Waals surface area contributed by atoms with Crippen LogP contribution in [0.4, 0.5) is 0 Å². The lowest BCUT2D eigenvalue weighted by atomic mass is 9.92. The molecule has 0 aliphatic heterocycles. The summed E-state index contributed by atoms with van der Waals surface area (Å²) in [6, 6.07) is 10.5. The Bertz CT molecular complexity index is 286. The highest BCUT2D eigenvalue weighted by atomic mass is 16.3. The van der Waals surface area contributed by atoms with Crippen molar-refractivity contribution in [2.45, 2.75) is 38.8 Å². The minimum atomic E-state index is -0.337. The van der Waals surface area contributed by atoms with Gasteiger partial charge in [0, 0.05) is 6.04 Å². The van der Waals surface area contributed by atoms with Crippen LogP contribution in [0.2, 0.25) is 0 Å². The van der Waals surface area contributed by atoms with Crippen molar-refractivity contribution in [3.63, 3.8) is 0 Å². The van der Waals surface area contributed by atoms with Crippen molar-refractivity contribution in [1.29, 1.82) is 0 Å². The Hall–Kier alpha value is -0.860. The normalized spacial score (nSPS) is 17.1. The van der Waals surface area contributed by atoms with E-state index >= 15 is 0 Å². The van der Waals surface area contributed by atoms with Crippen molar-refractivity contribution < 1.29 is 5.11 Å². The van der Waals surface area contributed by atoms with Crippen molar-refractivity contribution in [3.05, 3.63) is 35.9 Å². The average molecular weight is 207 g/mol. The summed E-state index contributed by atoms with van der Waals surface area (Å²) in [7, 11) is 0. The first-order valence-electron chi connectivity index (χ1n) is 5.56. The van der Waals surface area contributed by atoms with E-state index in [0.717, 1.165) is 12.0 Å². The molecule has 1 rings (SSSR count). The number of hydrogen-bond acceptors (Lipinski definition) is 2. The predicted molar refractivity (Wildman–Crippen MR) is 63.8 cm³/mol. The van der Waals surface area contributed by atoms with Crippen LogP contribution in [0.25, 0.3) is 0 Å². The topological polar surface area (TPSA) is 32.3 Å². The van der Waals surface area contributed by atoms with E-state index in [1.54, 1.807) is 0 Å². The second kappa shape index (κ2) is 5.29. The fourth-order valence-electron chi connectivity index (χ4n) is 1.67. The SMILES string of the molecule is CCC(C)NC(C)(CO)c1ccccc1. The van der Waals surface area contributed by atoms with Gasteiger partial charge < -0.3 is 10.4 Å². The zero-order valence-electron chi connectivity index (χ0n) is 9.83. The van der Waals surface area contributed by atoms with Gasteiger partial charge in [0.05, 0.1) is 12.1 Å². The molecule has 0 radical (unpaired) electrons. The molecule has 0 saturated carbocycles. The minimum Gasteiger partial charge on any atom is -0.394 e. The number of aliphatic hydroxyl groups is 1. The van der Waals surface area contributed by atoms with Gasteiger partial charge in [-0.25, -0.2) is 0 Å². The molecule has 1 aromatic carbocycles. The lowest BCUT2D eigenvalue weighted by molar-refractivity contribution is 0.162. The van der Waals surface area contributed by atoms with E-state index in [2.05, 4.69) is 19.2 Å². The van der Waals surface area contributed by atoms with E-state index in [9.17, 15) is 5.11 Å². The van der Waals surface area contributed by atoms with Crippen LogP contribution in [0.5, 0.6) is 0 Å². The monoisotopic (exact) mass is 207 g/mol. The molecule has 1 aromatic rings. The molecule has 84 valence electrons.